The van der Waals surface area contributed by atoms with Gasteiger partial charge in [0.25, 0.3) is 0 Å². The summed E-state index contributed by atoms with van der Waals surface area (Å²) in [6, 6.07) is 2.12. The van der Waals surface area contributed by atoms with Crippen molar-refractivity contribution in [2.75, 3.05) is 0 Å². The average molecular weight is 157 g/mol. The van der Waals surface area contributed by atoms with Crippen LogP contribution in [0.1, 0.15) is 13.3 Å². The Labute approximate surface area is 63.9 Å². The Morgan fingerprint density at radius 1 is 1.50 bits per heavy atom. The highest BCUT2D eigenvalue weighted by atomic mass is 28.4. The lowest BCUT2D eigenvalue weighted by atomic mass is 10.3. The summed E-state index contributed by atoms with van der Waals surface area (Å²) in [5, 5.41) is 8.54. The van der Waals surface area contributed by atoms with Crippen LogP contribution in [-0.2, 0) is 4.43 Å². The van der Waals surface area contributed by atoms with Gasteiger partial charge in [0, 0.05) is 0 Å². The summed E-state index contributed by atoms with van der Waals surface area (Å²) in [5.41, 5.74) is 0. The van der Waals surface area contributed by atoms with Crippen LogP contribution in [0.4, 0.5) is 0 Å². The van der Waals surface area contributed by atoms with Gasteiger partial charge in [-0.25, -0.2) is 0 Å². The van der Waals surface area contributed by atoms with E-state index in [2.05, 4.69) is 25.7 Å². The van der Waals surface area contributed by atoms with Gasteiger partial charge in [-0.3, -0.25) is 0 Å². The van der Waals surface area contributed by atoms with Crippen LogP contribution in [0.25, 0.3) is 0 Å². The fourth-order valence-corrected chi connectivity index (χ4v) is 1.70. The van der Waals surface area contributed by atoms with Crippen molar-refractivity contribution in [2.45, 2.75) is 39.1 Å². The highest BCUT2D eigenvalue weighted by Gasteiger charge is 2.18. The van der Waals surface area contributed by atoms with Crippen molar-refractivity contribution in [2.24, 2.45) is 0 Å². The van der Waals surface area contributed by atoms with Crippen LogP contribution in [0.2, 0.25) is 19.6 Å². The first-order valence-electron chi connectivity index (χ1n) is 3.57. The first kappa shape index (κ1) is 9.67. The van der Waals surface area contributed by atoms with Crippen LogP contribution in [0.5, 0.6) is 0 Å². The zero-order chi connectivity index (χ0) is 8.20. The highest BCUT2D eigenvalue weighted by molar-refractivity contribution is 6.69. The first-order valence-corrected chi connectivity index (χ1v) is 6.98. The Morgan fingerprint density at radius 3 is 2.10 bits per heavy atom. The maximum atomic E-state index is 8.54. The molecule has 1 atom stereocenters. The second kappa shape index (κ2) is 3.74. The highest BCUT2D eigenvalue weighted by Crippen LogP contribution is 2.08. The molecule has 58 valence electrons. The van der Waals surface area contributed by atoms with Crippen molar-refractivity contribution in [3.63, 3.8) is 0 Å². The molecule has 0 spiro atoms. The molecule has 0 aromatic heterocycles. The van der Waals surface area contributed by atoms with Gasteiger partial charge in [0.05, 0.1) is 6.07 Å². The van der Waals surface area contributed by atoms with E-state index in [0.29, 0.717) is 0 Å². The second-order valence-electron chi connectivity index (χ2n) is 3.26. The van der Waals surface area contributed by atoms with Crippen molar-refractivity contribution in [1.29, 1.82) is 5.26 Å². The smallest absolute Gasteiger partial charge is 0.185 e. The van der Waals surface area contributed by atoms with Crippen LogP contribution in [0.15, 0.2) is 0 Å². The number of rotatable bonds is 3. The molecule has 0 aromatic carbocycles. The van der Waals surface area contributed by atoms with E-state index in [9.17, 15) is 0 Å². The fraction of sp³-hybridized carbons (Fsp3) is 0.857. The third kappa shape index (κ3) is 4.54. The Hall–Kier alpha value is -0.333. The Balaban J connectivity index is 3.78. The summed E-state index contributed by atoms with van der Waals surface area (Å²) >= 11 is 0. The topological polar surface area (TPSA) is 33.0 Å². The van der Waals surface area contributed by atoms with E-state index < -0.39 is 8.32 Å². The fourth-order valence-electron chi connectivity index (χ4n) is 0.628. The number of hydrogen-bond donors (Lipinski definition) is 0. The Kier molecular flexibility index (Phi) is 3.62. The number of nitrogens with zero attached hydrogens (tertiary/aromatic N) is 1. The summed E-state index contributed by atoms with van der Waals surface area (Å²) < 4.78 is 5.51. The Bertz CT molecular complexity index is 134. The molecule has 10 heavy (non-hydrogen) atoms. The summed E-state index contributed by atoms with van der Waals surface area (Å²) in [5.74, 6) is 0. The van der Waals surface area contributed by atoms with Gasteiger partial charge in [-0.2, -0.15) is 5.26 Å². The summed E-state index contributed by atoms with van der Waals surface area (Å²) in [4.78, 5) is 0. The molecule has 0 radical (unpaired) electrons. The van der Waals surface area contributed by atoms with E-state index in [1.54, 1.807) is 0 Å². The van der Waals surface area contributed by atoms with Crippen molar-refractivity contribution in [3.05, 3.63) is 0 Å². The van der Waals surface area contributed by atoms with Gasteiger partial charge in [-0.1, -0.05) is 6.92 Å². The molecule has 0 unspecified atom stereocenters. The minimum absolute atomic E-state index is 0.188. The molecule has 0 bridgehead atoms. The standard InChI is InChI=1S/C7H15NOSi/c1-5-7(6-8)9-10(2,3)4/h7H,5H2,1-4H3/t7-/m0/s1. The Morgan fingerprint density at radius 2 is 2.00 bits per heavy atom. The van der Waals surface area contributed by atoms with Crippen LogP contribution >= 0.6 is 0 Å². The van der Waals surface area contributed by atoms with Crippen LogP contribution in [0, 0.1) is 11.3 Å². The lowest BCUT2D eigenvalue weighted by molar-refractivity contribution is 0.245. The lowest BCUT2D eigenvalue weighted by Gasteiger charge is -2.20. The predicted octanol–water partition coefficient (Wildman–Crippen LogP) is 2.14. The van der Waals surface area contributed by atoms with Crippen LogP contribution in [-0.4, -0.2) is 14.4 Å². The normalized spacial score (nSPS) is 14.3. The van der Waals surface area contributed by atoms with Crippen LogP contribution in [0.3, 0.4) is 0 Å². The lowest BCUT2D eigenvalue weighted by Crippen LogP contribution is -2.30. The molecule has 0 rings (SSSR count). The number of nitriles is 1. The van der Waals surface area contributed by atoms with Gasteiger partial charge in [0.15, 0.2) is 8.32 Å². The molecule has 0 amide bonds. The van der Waals surface area contributed by atoms with E-state index in [0.717, 1.165) is 6.42 Å². The van der Waals surface area contributed by atoms with Crippen molar-refractivity contribution >= 4 is 8.32 Å². The van der Waals surface area contributed by atoms with E-state index >= 15 is 0 Å². The van der Waals surface area contributed by atoms with Gasteiger partial charge in [0.2, 0.25) is 0 Å². The molecule has 0 N–H and O–H groups in total. The first-order chi connectivity index (χ1) is 4.49. The summed E-state index contributed by atoms with van der Waals surface area (Å²) in [6.45, 7) is 8.24. The molecule has 0 saturated heterocycles. The van der Waals surface area contributed by atoms with Crippen molar-refractivity contribution in [1.82, 2.24) is 0 Å². The molecular weight excluding hydrogens is 142 g/mol. The molecule has 0 fully saturated rings. The summed E-state index contributed by atoms with van der Waals surface area (Å²) in [7, 11) is -1.48. The SMILES string of the molecule is CC[C@@H](C#N)O[Si](C)(C)C. The van der Waals surface area contributed by atoms with E-state index in [4.69, 9.17) is 9.69 Å². The van der Waals surface area contributed by atoms with E-state index in [1.807, 2.05) is 6.92 Å². The van der Waals surface area contributed by atoms with Crippen molar-refractivity contribution < 1.29 is 4.43 Å². The van der Waals surface area contributed by atoms with Gasteiger partial charge < -0.3 is 4.43 Å². The monoisotopic (exact) mass is 157 g/mol. The molecule has 0 saturated carbocycles. The molecule has 0 aromatic rings. The molecule has 0 heterocycles. The van der Waals surface area contributed by atoms with Crippen LogP contribution < -0.4 is 0 Å². The van der Waals surface area contributed by atoms with E-state index in [-0.39, 0.29) is 6.10 Å². The number of hydrogen-bond acceptors (Lipinski definition) is 2. The maximum Gasteiger partial charge on any atom is 0.185 e. The zero-order valence-corrected chi connectivity index (χ0v) is 8.14. The predicted molar refractivity (Wildman–Crippen MR) is 44.1 cm³/mol. The molecule has 2 nitrogen and oxygen atoms in total. The molecule has 0 aliphatic rings. The zero-order valence-electron chi connectivity index (χ0n) is 7.14. The average Bonchev–Trinajstić information content (AvgIpc) is 1.81. The summed E-state index contributed by atoms with van der Waals surface area (Å²) in [6.07, 6.45) is 0.604. The molecule has 0 aliphatic heterocycles. The maximum absolute atomic E-state index is 8.54. The van der Waals surface area contributed by atoms with Gasteiger partial charge in [0.1, 0.15) is 6.10 Å². The quantitative estimate of drug-likeness (QED) is 0.588. The third-order valence-corrected chi connectivity index (χ3v) is 2.00. The largest absolute Gasteiger partial charge is 0.402 e. The van der Waals surface area contributed by atoms with Gasteiger partial charge in [-0.15, -0.1) is 0 Å². The minimum atomic E-state index is -1.48. The van der Waals surface area contributed by atoms with Gasteiger partial charge in [-0.05, 0) is 26.1 Å². The molecular formula is C7H15NOSi. The second-order valence-corrected chi connectivity index (χ2v) is 7.72. The molecule has 3 heteroatoms. The third-order valence-electron chi connectivity index (χ3n) is 1.01. The van der Waals surface area contributed by atoms with E-state index in [1.165, 1.54) is 0 Å². The van der Waals surface area contributed by atoms with Gasteiger partial charge >= 0.3 is 0 Å². The minimum Gasteiger partial charge on any atom is -0.402 e. The molecule has 0 aliphatic carbocycles. The van der Waals surface area contributed by atoms with Crippen molar-refractivity contribution in [3.8, 4) is 6.07 Å².